The lowest BCUT2D eigenvalue weighted by Crippen LogP contribution is -2.31. The summed E-state index contributed by atoms with van der Waals surface area (Å²) in [7, 11) is 0. The van der Waals surface area contributed by atoms with Gasteiger partial charge in [0.1, 0.15) is 0 Å². The minimum atomic E-state index is -0.147. The second-order valence-electron chi connectivity index (χ2n) is 7.69. The van der Waals surface area contributed by atoms with Gasteiger partial charge >= 0.3 is 0 Å². The summed E-state index contributed by atoms with van der Waals surface area (Å²) in [5, 5.41) is 5.62. The maximum Gasteiger partial charge on any atom is 0.253 e. The van der Waals surface area contributed by atoms with Gasteiger partial charge in [0, 0.05) is 43.2 Å². The number of anilines is 1. The molecule has 1 saturated carbocycles. The molecule has 0 aromatic heterocycles. The zero-order valence-electron chi connectivity index (χ0n) is 16.0. The van der Waals surface area contributed by atoms with E-state index in [1.807, 2.05) is 4.90 Å². The number of nitrogens with zero attached hydrogens (tertiary/aromatic N) is 1. The predicted octanol–water partition coefficient (Wildman–Crippen LogP) is 2.80. The first kappa shape index (κ1) is 19.4. The number of carbonyl (C=O) groups is 3. The summed E-state index contributed by atoms with van der Waals surface area (Å²) in [5.41, 5.74) is 1.32. The lowest BCUT2D eigenvalue weighted by molar-refractivity contribution is -0.122. The van der Waals surface area contributed by atoms with Gasteiger partial charge < -0.3 is 15.5 Å². The quantitative estimate of drug-likeness (QED) is 0.807. The van der Waals surface area contributed by atoms with E-state index in [9.17, 15) is 14.4 Å². The van der Waals surface area contributed by atoms with Crippen LogP contribution in [-0.2, 0) is 9.59 Å². The highest BCUT2D eigenvalue weighted by Crippen LogP contribution is 2.37. The van der Waals surface area contributed by atoms with E-state index in [1.165, 1.54) is 12.8 Å². The van der Waals surface area contributed by atoms with Crippen molar-refractivity contribution in [2.75, 3.05) is 25.0 Å². The SMILES string of the molecule is C[C@H]1C[C@@H]1C(=O)NCCC(=O)Nc1ccc(C(=O)N2CCCCCC2)cc1. The highest BCUT2D eigenvalue weighted by molar-refractivity contribution is 5.96. The van der Waals surface area contributed by atoms with Gasteiger partial charge in [0.15, 0.2) is 0 Å². The van der Waals surface area contributed by atoms with E-state index in [-0.39, 0.29) is 30.1 Å². The Labute approximate surface area is 160 Å². The fourth-order valence-electron chi connectivity index (χ4n) is 3.49. The molecule has 2 N–H and O–H groups in total. The highest BCUT2D eigenvalue weighted by atomic mass is 16.2. The zero-order valence-corrected chi connectivity index (χ0v) is 16.0. The van der Waals surface area contributed by atoms with Gasteiger partial charge in [0.2, 0.25) is 11.8 Å². The Hall–Kier alpha value is -2.37. The number of benzene rings is 1. The standard InChI is InChI=1S/C21H29N3O3/c1-15-14-18(15)20(26)22-11-10-19(25)23-17-8-6-16(7-9-17)21(27)24-12-4-2-3-5-13-24/h6-9,15,18H,2-5,10-14H2,1H3,(H,22,26)(H,23,25)/t15-,18-/m0/s1. The number of nitrogens with one attached hydrogen (secondary N) is 2. The van der Waals surface area contributed by atoms with Crippen LogP contribution in [0, 0.1) is 11.8 Å². The summed E-state index contributed by atoms with van der Waals surface area (Å²) < 4.78 is 0. The Morgan fingerprint density at radius 3 is 2.26 bits per heavy atom. The van der Waals surface area contributed by atoms with E-state index in [4.69, 9.17) is 0 Å². The van der Waals surface area contributed by atoms with Crippen molar-refractivity contribution >= 4 is 23.4 Å². The second kappa shape index (κ2) is 9.02. The van der Waals surface area contributed by atoms with Crippen molar-refractivity contribution in [1.82, 2.24) is 10.2 Å². The fraction of sp³-hybridized carbons (Fsp3) is 0.571. The molecule has 6 heteroatoms. The van der Waals surface area contributed by atoms with E-state index in [2.05, 4.69) is 17.6 Å². The molecule has 0 unspecified atom stereocenters. The number of hydrogen-bond donors (Lipinski definition) is 2. The number of hydrogen-bond acceptors (Lipinski definition) is 3. The molecule has 0 radical (unpaired) electrons. The number of carbonyl (C=O) groups excluding carboxylic acids is 3. The lowest BCUT2D eigenvalue weighted by atomic mass is 10.1. The Balaban J connectivity index is 1.43. The zero-order chi connectivity index (χ0) is 19.2. The molecule has 2 aliphatic rings. The molecule has 1 aromatic carbocycles. The molecular weight excluding hydrogens is 342 g/mol. The second-order valence-corrected chi connectivity index (χ2v) is 7.69. The third-order valence-electron chi connectivity index (χ3n) is 5.41. The largest absolute Gasteiger partial charge is 0.355 e. The first-order valence-electron chi connectivity index (χ1n) is 10.0. The number of amides is 3. The minimum Gasteiger partial charge on any atom is -0.355 e. The Morgan fingerprint density at radius 1 is 1.04 bits per heavy atom. The number of rotatable bonds is 6. The van der Waals surface area contributed by atoms with Crippen LogP contribution in [0.5, 0.6) is 0 Å². The molecule has 0 bridgehead atoms. The Bertz CT molecular complexity index is 678. The molecule has 3 amide bonds. The first-order valence-corrected chi connectivity index (χ1v) is 10.0. The van der Waals surface area contributed by atoms with Crippen LogP contribution in [0.2, 0.25) is 0 Å². The van der Waals surface area contributed by atoms with Crippen LogP contribution in [0.25, 0.3) is 0 Å². The van der Waals surface area contributed by atoms with Crippen molar-refractivity contribution in [3.05, 3.63) is 29.8 Å². The highest BCUT2D eigenvalue weighted by Gasteiger charge is 2.38. The summed E-state index contributed by atoms with van der Waals surface area (Å²) in [5.74, 6) is 0.556. The van der Waals surface area contributed by atoms with Gasteiger partial charge in [-0.1, -0.05) is 19.8 Å². The first-order chi connectivity index (χ1) is 13.0. The molecule has 1 aliphatic heterocycles. The van der Waals surface area contributed by atoms with Crippen molar-refractivity contribution in [2.24, 2.45) is 11.8 Å². The normalized spacial score (nSPS) is 21.9. The average molecular weight is 371 g/mol. The van der Waals surface area contributed by atoms with Gasteiger partial charge in [-0.3, -0.25) is 14.4 Å². The van der Waals surface area contributed by atoms with E-state index in [0.29, 0.717) is 23.7 Å². The van der Waals surface area contributed by atoms with Crippen molar-refractivity contribution in [3.8, 4) is 0 Å². The van der Waals surface area contributed by atoms with Gasteiger partial charge in [0.25, 0.3) is 5.91 Å². The monoisotopic (exact) mass is 371 g/mol. The molecule has 1 aromatic rings. The van der Waals surface area contributed by atoms with Crippen LogP contribution in [0.4, 0.5) is 5.69 Å². The summed E-state index contributed by atoms with van der Waals surface area (Å²) in [6.07, 6.45) is 5.69. The third kappa shape index (κ3) is 5.55. The third-order valence-corrected chi connectivity index (χ3v) is 5.41. The van der Waals surface area contributed by atoms with Crippen LogP contribution in [0.15, 0.2) is 24.3 Å². The lowest BCUT2D eigenvalue weighted by Gasteiger charge is -2.20. The van der Waals surface area contributed by atoms with Crippen LogP contribution in [-0.4, -0.2) is 42.3 Å². The van der Waals surface area contributed by atoms with E-state index >= 15 is 0 Å². The van der Waals surface area contributed by atoms with Crippen molar-refractivity contribution in [2.45, 2.75) is 45.4 Å². The topological polar surface area (TPSA) is 78.5 Å². The maximum absolute atomic E-state index is 12.6. The van der Waals surface area contributed by atoms with E-state index in [1.54, 1.807) is 24.3 Å². The van der Waals surface area contributed by atoms with E-state index < -0.39 is 0 Å². The summed E-state index contributed by atoms with van der Waals surface area (Å²) >= 11 is 0. The van der Waals surface area contributed by atoms with Crippen molar-refractivity contribution < 1.29 is 14.4 Å². The summed E-state index contributed by atoms with van der Waals surface area (Å²) in [6, 6.07) is 7.04. The summed E-state index contributed by atoms with van der Waals surface area (Å²) in [4.78, 5) is 38.2. The fourth-order valence-corrected chi connectivity index (χ4v) is 3.49. The molecule has 1 saturated heterocycles. The molecule has 0 spiro atoms. The van der Waals surface area contributed by atoms with Crippen LogP contribution in [0.1, 0.15) is 55.8 Å². The molecule has 3 rings (SSSR count). The molecule has 2 atom stereocenters. The molecule has 2 fully saturated rings. The van der Waals surface area contributed by atoms with E-state index in [0.717, 1.165) is 32.4 Å². The Morgan fingerprint density at radius 2 is 1.67 bits per heavy atom. The predicted molar refractivity (Wildman–Crippen MR) is 104 cm³/mol. The number of likely N-dealkylation sites (tertiary alicyclic amines) is 1. The van der Waals surface area contributed by atoms with Crippen molar-refractivity contribution in [3.63, 3.8) is 0 Å². The van der Waals surface area contributed by atoms with Gasteiger partial charge in [-0.25, -0.2) is 0 Å². The van der Waals surface area contributed by atoms with Gasteiger partial charge in [-0.15, -0.1) is 0 Å². The molecular formula is C21H29N3O3. The Kier molecular flexibility index (Phi) is 6.48. The van der Waals surface area contributed by atoms with Crippen LogP contribution in [0.3, 0.4) is 0 Å². The van der Waals surface area contributed by atoms with Gasteiger partial charge in [-0.05, 0) is 49.4 Å². The van der Waals surface area contributed by atoms with Crippen LogP contribution < -0.4 is 10.6 Å². The van der Waals surface area contributed by atoms with Gasteiger partial charge in [0.05, 0.1) is 0 Å². The average Bonchev–Trinajstić information content (AvgIpc) is 3.44. The molecule has 1 aliphatic carbocycles. The molecule has 27 heavy (non-hydrogen) atoms. The minimum absolute atomic E-state index is 0.0479. The smallest absolute Gasteiger partial charge is 0.253 e. The maximum atomic E-state index is 12.6. The van der Waals surface area contributed by atoms with Crippen LogP contribution >= 0.6 is 0 Å². The molecule has 146 valence electrons. The summed E-state index contributed by atoms with van der Waals surface area (Å²) in [6.45, 7) is 4.04. The molecule has 1 heterocycles. The molecule has 6 nitrogen and oxygen atoms in total. The van der Waals surface area contributed by atoms with Crippen molar-refractivity contribution in [1.29, 1.82) is 0 Å². The van der Waals surface area contributed by atoms with Gasteiger partial charge in [-0.2, -0.15) is 0 Å².